The molecule has 0 spiro atoms. The summed E-state index contributed by atoms with van der Waals surface area (Å²) in [5.74, 6) is 0.541. The predicted octanol–water partition coefficient (Wildman–Crippen LogP) is 2.09. The van der Waals surface area contributed by atoms with Crippen LogP contribution in [-0.4, -0.2) is 46.6 Å². The predicted molar refractivity (Wildman–Crippen MR) is 78.8 cm³/mol. The molecule has 0 bridgehead atoms. The number of methoxy groups -OCH3 is 2. The fourth-order valence-corrected chi connectivity index (χ4v) is 3.46. The van der Waals surface area contributed by atoms with E-state index in [1.165, 1.54) is 31.6 Å². The van der Waals surface area contributed by atoms with Crippen molar-refractivity contribution in [2.24, 2.45) is 0 Å². The molecule has 0 aromatic heterocycles. The number of halogens is 1. The zero-order valence-corrected chi connectivity index (χ0v) is 13.7. The first-order chi connectivity index (χ1) is 9.38. The van der Waals surface area contributed by atoms with Crippen molar-refractivity contribution in [1.29, 1.82) is 0 Å². The molecule has 114 valence electrons. The average Bonchev–Trinajstić information content (AvgIpc) is 2.45. The quantitative estimate of drug-likeness (QED) is 0.722. The van der Waals surface area contributed by atoms with Gasteiger partial charge in [0.15, 0.2) is 0 Å². The molecule has 0 radical (unpaired) electrons. The summed E-state index contributed by atoms with van der Waals surface area (Å²) < 4.78 is 36.7. The van der Waals surface area contributed by atoms with Gasteiger partial charge in [0.1, 0.15) is 10.6 Å². The highest BCUT2D eigenvalue weighted by Crippen LogP contribution is 2.28. The van der Waals surface area contributed by atoms with Gasteiger partial charge in [-0.1, -0.05) is 6.07 Å². The van der Waals surface area contributed by atoms with Crippen LogP contribution in [-0.2, 0) is 20.6 Å². The van der Waals surface area contributed by atoms with E-state index in [2.05, 4.69) is 0 Å². The maximum Gasteiger partial charge on any atom is 0.246 e. The molecule has 1 rings (SSSR count). The summed E-state index contributed by atoms with van der Waals surface area (Å²) in [6, 6.07) is 4.61. The Hall–Kier alpha value is -0.820. The van der Waals surface area contributed by atoms with E-state index < -0.39 is 10.0 Å². The highest BCUT2D eigenvalue weighted by atomic mass is 35.5. The second-order valence-corrected chi connectivity index (χ2v) is 6.68. The van der Waals surface area contributed by atoms with Gasteiger partial charge in [0.05, 0.1) is 13.7 Å². The van der Waals surface area contributed by atoms with Crippen LogP contribution in [0.4, 0.5) is 0 Å². The fraction of sp³-hybridized carbons (Fsp3) is 0.538. The van der Waals surface area contributed by atoms with Crippen LogP contribution in [0.5, 0.6) is 5.75 Å². The number of alkyl halides is 1. The number of sulfonamides is 1. The van der Waals surface area contributed by atoms with Gasteiger partial charge in [0, 0.05) is 26.1 Å². The standard InChI is InChI=1S/C13H20ClNO4S/c1-10(9-18-3)15(2)20(16,17)13-7-11(8-14)5-6-12(13)19-4/h5-7,10H,8-9H2,1-4H3. The Morgan fingerprint density at radius 3 is 2.50 bits per heavy atom. The normalized spacial score (nSPS) is 13.5. The molecule has 0 heterocycles. The first kappa shape index (κ1) is 17.2. The zero-order chi connectivity index (χ0) is 15.3. The molecule has 0 aliphatic heterocycles. The van der Waals surface area contributed by atoms with Gasteiger partial charge in [-0.05, 0) is 24.6 Å². The van der Waals surface area contributed by atoms with Crippen molar-refractivity contribution >= 4 is 21.6 Å². The number of hydrogen-bond donors (Lipinski definition) is 0. The fourth-order valence-electron chi connectivity index (χ4n) is 1.74. The van der Waals surface area contributed by atoms with E-state index >= 15 is 0 Å². The van der Waals surface area contributed by atoms with Gasteiger partial charge in [-0.15, -0.1) is 11.6 Å². The maximum atomic E-state index is 12.6. The van der Waals surface area contributed by atoms with E-state index in [9.17, 15) is 8.42 Å². The van der Waals surface area contributed by atoms with Crippen LogP contribution in [0.15, 0.2) is 23.1 Å². The van der Waals surface area contributed by atoms with E-state index in [0.717, 1.165) is 5.56 Å². The largest absolute Gasteiger partial charge is 0.495 e. The second-order valence-electron chi connectivity index (χ2n) is 4.44. The van der Waals surface area contributed by atoms with Gasteiger partial charge in [0.2, 0.25) is 10.0 Å². The molecule has 0 saturated heterocycles. The first-order valence-electron chi connectivity index (χ1n) is 6.08. The number of rotatable bonds is 7. The molecular weight excluding hydrogens is 302 g/mol. The molecule has 0 amide bonds. The summed E-state index contributed by atoms with van der Waals surface area (Å²) in [7, 11) is 0.825. The number of nitrogens with zero attached hydrogens (tertiary/aromatic N) is 1. The second kappa shape index (κ2) is 7.26. The molecule has 7 heteroatoms. The van der Waals surface area contributed by atoms with Crippen molar-refractivity contribution in [2.75, 3.05) is 27.9 Å². The van der Waals surface area contributed by atoms with Gasteiger partial charge in [-0.25, -0.2) is 8.42 Å². The van der Waals surface area contributed by atoms with Gasteiger partial charge in [0.25, 0.3) is 0 Å². The molecule has 0 saturated carbocycles. The Bertz CT molecular complexity index is 547. The van der Waals surface area contributed by atoms with Crippen molar-refractivity contribution in [3.8, 4) is 5.75 Å². The lowest BCUT2D eigenvalue weighted by atomic mass is 10.2. The SMILES string of the molecule is COCC(C)N(C)S(=O)(=O)c1cc(CCl)ccc1OC. The highest BCUT2D eigenvalue weighted by molar-refractivity contribution is 7.89. The number of benzene rings is 1. The van der Waals surface area contributed by atoms with E-state index in [1.807, 2.05) is 0 Å². The Morgan fingerprint density at radius 2 is 2.00 bits per heavy atom. The van der Waals surface area contributed by atoms with Crippen molar-refractivity contribution < 1.29 is 17.9 Å². The van der Waals surface area contributed by atoms with Crippen LogP contribution < -0.4 is 4.74 Å². The summed E-state index contributed by atoms with van der Waals surface area (Å²) in [4.78, 5) is 0.114. The van der Waals surface area contributed by atoms with Crippen LogP contribution in [0.1, 0.15) is 12.5 Å². The summed E-state index contributed by atoms with van der Waals surface area (Å²) in [5.41, 5.74) is 0.721. The monoisotopic (exact) mass is 321 g/mol. The lowest BCUT2D eigenvalue weighted by Gasteiger charge is -2.24. The molecule has 0 fully saturated rings. The minimum atomic E-state index is -3.67. The van der Waals surface area contributed by atoms with E-state index in [1.54, 1.807) is 19.1 Å². The van der Waals surface area contributed by atoms with Gasteiger partial charge < -0.3 is 9.47 Å². The van der Waals surface area contributed by atoms with Crippen molar-refractivity contribution in [3.05, 3.63) is 23.8 Å². The Labute approximate surface area is 125 Å². The summed E-state index contributed by atoms with van der Waals surface area (Å²) in [5, 5.41) is 0. The van der Waals surface area contributed by atoms with Crippen LogP contribution in [0, 0.1) is 0 Å². The molecule has 1 unspecified atom stereocenters. The number of likely N-dealkylation sites (N-methyl/N-ethyl adjacent to an activating group) is 1. The summed E-state index contributed by atoms with van der Waals surface area (Å²) >= 11 is 5.77. The smallest absolute Gasteiger partial charge is 0.246 e. The minimum absolute atomic E-state index is 0.114. The molecule has 20 heavy (non-hydrogen) atoms. The van der Waals surface area contributed by atoms with E-state index in [4.69, 9.17) is 21.1 Å². The molecule has 0 aliphatic carbocycles. The summed E-state index contributed by atoms with van der Waals surface area (Å²) in [6.45, 7) is 2.09. The molecule has 1 aromatic rings. The highest BCUT2D eigenvalue weighted by Gasteiger charge is 2.28. The third kappa shape index (κ3) is 3.63. The lowest BCUT2D eigenvalue weighted by molar-refractivity contribution is 0.149. The zero-order valence-electron chi connectivity index (χ0n) is 12.1. The molecule has 1 aromatic carbocycles. The first-order valence-corrected chi connectivity index (χ1v) is 8.05. The average molecular weight is 322 g/mol. The van der Waals surface area contributed by atoms with E-state index in [0.29, 0.717) is 12.4 Å². The summed E-state index contributed by atoms with van der Waals surface area (Å²) in [6.07, 6.45) is 0. The van der Waals surface area contributed by atoms with Crippen molar-refractivity contribution in [1.82, 2.24) is 4.31 Å². The number of hydrogen-bond acceptors (Lipinski definition) is 4. The Balaban J connectivity index is 3.26. The topological polar surface area (TPSA) is 55.8 Å². The van der Waals surface area contributed by atoms with Crippen LogP contribution in [0.2, 0.25) is 0 Å². The lowest BCUT2D eigenvalue weighted by Crippen LogP contribution is -2.37. The van der Waals surface area contributed by atoms with Gasteiger partial charge in [-0.2, -0.15) is 4.31 Å². The molecule has 0 aliphatic rings. The van der Waals surface area contributed by atoms with Crippen LogP contribution in [0.3, 0.4) is 0 Å². The maximum absolute atomic E-state index is 12.6. The number of ether oxygens (including phenoxy) is 2. The van der Waals surface area contributed by atoms with Crippen LogP contribution >= 0.6 is 11.6 Å². The molecule has 5 nitrogen and oxygen atoms in total. The minimum Gasteiger partial charge on any atom is -0.495 e. The van der Waals surface area contributed by atoms with Crippen molar-refractivity contribution in [2.45, 2.75) is 23.7 Å². The van der Waals surface area contributed by atoms with Crippen molar-refractivity contribution in [3.63, 3.8) is 0 Å². The third-order valence-electron chi connectivity index (χ3n) is 3.07. The molecular formula is C13H20ClNO4S. The van der Waals surface area contributed by atoms with E-state index in [-0.39, 0.29) is 16.8 Å². The third-order valence-corrected chi connectivity index (χ3v) is 5.37. The Morgan fingerprint density at radius 1 is 1.35 bits per heavy atom. The van der Waals surface area contributed by atoms with Gasteiger partial charge >= 0.3 is 0 Å². The van der Waals surface area contributed by atoms with Crippen LogP contribution in [0.25, 0.3) is 0 Å². The molecule has 1 atom stereocenters. The molecule has 0 N–H and O–H groups in total. The Kier molecular flexibility index (Phi) is 6.26. The van der Waals surface area contributed by atoms with Gasteiger partial charge in [-0.3, -0.25) is 0 Å².